The van der Waals surface area contributed by atoms with Crippen LogP contribution in [0.3, 0.4) is 0 Å². The molecule has 0 atom stereocenters. The van der Waals surface area contributed by atoms with Gasteiger partial charge in [-0.25, -0.2) is 8.42 Å². The van der Waals surface area contributed by atoms with E-state index in [0.717, 1.165) is 14.2 Å². The lowest BCUT2D eigenvalue weighted by atomic mass is 10.1. The first-order chi connectivity index (χ1) is 9.42. The highest BCUT2D eigenvalue weighted by atomic mass is 79.9. The number of hydrogen-bond donors (Lipinski definition) is 2. The van der Waals surface area contributed by atoms with Gasteiger partial charge in [-0.05, 0) is 53.0 Å². The smallest absolute Gasteiger partial charge is 0.263 e. The average Bonchev–Trinajstić information content (AvgIpc) is 2.72. The number of anilines is 1. The summed E-state index contributed by atoms with van der Waals surface area (Å²) in [5, 5.41) is 8.84. The number of halogens is 1. The number of benzene rings is 1. The van der Waals surface area contributed by atoms with Crippen molar-refractivity contribution in [2.45, 2.75) is 18.2 Å². The van der Waals surface area contributed by atoms with Crippen molar-refractivity contribution < 1.29 is 13.5 Å². The summed E-state index contributed by atoms with van der Waals surface area (Å²) < 4.78 is 27.9. The molecule has 0 aliphatic rings. The molecule has 0 fully saturated rings. The van der Waals surface area contributed by atoms with Crippen molar-refractivity contribution in [3.8, 4) is 0 Å². The second kappa shape index (κ2) is 6.26. The third-order valence-corrected chi connectivity index (χ3v) is 5.93. The minimum atomic E-state index is -3.57. The van der Waals surface area contributed by atoms with Gasteiger partial charge in [-0.3, -0.25) is 4.72 Å². The molecule has 0 amide bonds. The van der Waals surface area contributed by atoms with E-state index in [1.165, 1.54) is 11.3 Å². The van der Waals surface area contributed by atoms with E-state index < -0.39 is 10.0 Å². The molecule has 0 aliphatic carbocycles. The highest BCUT2D eigenvalue weighted by Gasteiger charge is 2.19. The Morgan fingerprint density at radius 2 is 1.95 bits per heavy atom. The molecule has 7 heteroatoms. The summed E-state index contributed by atoms with van der Waals surface area (Å²) in [5.41, 5.74) is 1.47. The van der Waals surface area contributed by atoms with Crippen molar-refractivity contribution in [3.63, 3.8) is 0 Å². The lowest BCUT2D eigenvalue weighted by Crippen LogP contribution is -2.13. The molecule has 2 aromatic rings. The van der Waals surface area contributed by atoms with Crippen molar-refractivity contribution in [3.05, 3.63) is 44.6 Å². The zero-order chi connectivity index (χ0) is 14.8. The summed E-state index contributed by atoms with van der Waals surface area (Å²) in [5.74, 6) is 0. The van der Waals surface area contributed by atoms with E-state index in [0.29, 0.717) is 12.1 Å². The number of rotatable bonds is 5. The minimum Gasteiger partial charge on any atom is -0.396 e. The van der Waals surface area contributed by atoms with Gasteiger partial charge < -0.3 is 5.11 Å². The van der Waals surface area contributed by atoms with E-state index in [2.05, 4.69) is 20.7 Å². The fourth-order valence-electron chi connectivity index (χ4n) is 1.78. The van der Waals surface area contributed by atoms with Crippen LogP contribution in [0.5, 0.6) is 0 Å². The molecular weight excluding hydrogens is 362 g/mol. The summed E-state index contributed by atoms with van der Waals surface area (Å²) in [6, 6.07) is 8.58. The predicted octanol–water partition coefficient (Wildman–Crippen LogP) is 3.15. The van der Waals surface area contributed by atoms with Crippen LogP contribution in [0.15, 0.2) is 39.0 Å². The second-order valence-corrected chi connectivity index (χ2v) is 8.53. The molecule has 20 heavy (non-hydrogen) atoms. The standard InChI is InChI=1S/C13H14BrNO3S2/c1-9-12(8-13(14)19-9)20(17,18)15-11-4-2-10(3-5-11)6-7-16/h2-5,8,15-16H,6-7H2,1H3. The van der Waals surface area contributed by atoms with Crippen LogP contribution in [0.1, 0.15) is 10.4 Å². The van der Waals surface area contributed by atoms with Gasteiger partial charge >= 0.3 is 0 Å². The molecule has 0 aliphatic heterocycles. The summed E-state index contributed by atoms with van der Waals surface area (Å²) in [6.07, 6.45) is 0.559. The van der Waals surface area contributed by atoms with Gasteiger partial charge in [0.15, 0.2) is 0 Å². The van der Waals surface area contributed by atoms with Gasteiger partial charge in [-0.2, -0.15) is 0 Å². The molecule has 108 valence electrons. The number of aliphatic hydroxyl groups excluding tert-OH is 1. The highest BCUT2D eigenvalue weighted by Crippen LogP contribution is 2.30. The number of hydrogen-bond acceptors (Lipinski definition) is 4. The number of nitrogens with one attached hydrogen (secondary N) is 1. The Morgan fingerprint density at radius 3 is 2.45 bits per heavy atom. The van der Waals surface area contributed by atoms with E-state index in [4.69, 9.17) is 5.11 Å². The maximum Gasteiger partial charge on any atom is 0.263 e. The topological polar surface area (TPSA) is 66.4 Å². The molecule has 0 bridgehead atoms. The minimum absolute atomic E-state index is 0.0766. The van der Waals surface area contributed by atoms with Crippen LogP contribution in [-0.2, 0) is 16.4 Å². The SMILES string of the molecule is Cc1sc(Br)cc1S(=O)(=O)Nc1ccc(CCO)cc1. The summed E-state index contributed by atoms with van der Waals surface area (Å²) >= 11 is 4.68. The number of aryl methyl sites for hydroxylation is 1. The van der Waals surface area contributed by atoms with Gasteiger partial charge in [0.05, 0.1) is 3.79 Å². The summed E-state index contributed by atoms with van der Waals surface area (Å²) in [7, 11) is -3.57. The highest BCUT2D eigenvalue weighted by molar-refractivity contribution is 9.11. The Bertz CT molecular complexity index is 693. The van der Waals surface area contributed by atoms with Crippen molar-refractivity contribution in [2.75, 3.05) is 11.3 Å². The van der Waals surface area contributed by atoms with Crippen molar-refractivity contribution in [1.29, 1.82) is 0 Å². The number of aliphatic hydroxyl groups is 1. The van der Waals surface area contributed by atoms with Gasteiger partial charge in [0, 0.05) is 17.2 Å². The van der Waals surface area contributed by atoms with E-state index in [9.17, 15) is 8.42 Å². The molecule has 0 saturated carbocycles. The first-order valence-corrected chi connectivity index (χ1v) is 9.00. The Morgan fingerprint density at radius 1 is 1.30 bits per heavy atom. The summed E-state index contributed by atoms with van der Waals surface area (Å²) in [6.45, 7) is 1.85. The zero-order valence-corrected chi connectivity index (χ0v) is 14.0. The molecule has 0 spiro atoms. The van der Waals surface area contributed by atoms with E-state index >= 15 is 0 Å². The third kappa shape index (κ3) is 3.60. The third-order valence-electron chi connectivity index (χ3n) is 2.74. The number of thiophene rings is 1. The van der Waals surface area contributed by atoms with Crippen molar-refractivity contribution >= 4 is 43.0 Å². The van der Waals surface area contributed by atoms with E-state index in [-0.39, 0.29) is 11.5 Å². The molecule has 1 aromatic heterocycles. The van der Waals surface area contributed by atoms with E-state index in [1.54, 1.807) is 37.3 Å². The quantitative estimate of drug-likeness (QED) is 0.843. The van der Waals surface area contributed by atoms with Crippen LogP contribution in [0.25, 0.3) is 0 Å². The van der Waals surface area contributed by atoms with Crippen molar-refractivity contribution in [2.24, 2.45) is 0 Å². The predicted molar refractivity (Wildman–Crippen MR) is 84.8 cm³/mol. The Kier molecular flexibility index (Phi) is 4.85. The lowest BCUT2D eigenvalue weighted by molar-refractivity contribution is 0.299. The molecule has 0 saturated heterocycles. The second-order valence-electron chi connectivity index (χ2n) is 4.25. The molecule has 2 N–H and O–H groups in total. The van der Waals surface area contributed by atoms with Crippen LogP contribution >= 0.6 is 27.3 Å². The monoisotopic (exact) mass is 375 g/mol. The number of sulfonamides is 1. The molecule has 0 unspecified atom stereocenters. The summed E-state index contributed by atoms with van der Waals surface area (Å²) in [4.78, 5) is 1.02. The first kappa shape index (κ1) is 15.5. The fourth-order valence-corrected chi connectivity index (χ4v) is 5.25. The molecule has 2 rings (SSSR count). The van der Waals surface area contributed by atoms with Crippen LogP contribution in [0.4, 0.5) is 5.69 Å². The maximum absolute atomic E-state index is 12.3. The van der Waals surface area contributed by atoms with Crippen LogP contribution in [0.2, 0.25) is 0 Å². The van der Waals surface area contributed by atoms with Gasteiger partial charge in [0.2, 0.25) is 0 Å². The molecule has 4 nitrogen and oxygen atoms in total. The molecule has 1 aromatic carbocycles. The van der Waals surface area contributed by atoms with Crippen LogP contribution in [0, 0.1) is 6.92 Å². The zero-order valence-electron chi connectivity index (χ0n) is 10.8. The molecule has 1 heterocycles. The molecule has 0 radical (unpaired) electrons. The van der Waals surface area contributed by atoms with Crippen molar-refractivity contribution in [1.82, 2.24) is 0 Å². The Balaban J connectivity index is 2.22. The fraction of sp³-hybridized carbons (Fsp3) is 0.231. The van der Waals surface area contributed by atoms with Gasteiger partial charge in [0.25, 0.3) is 10.0 Å². The van der Waals surface area contributed by atoms with Gasteiger partial charge in [0.1, 0.15) is 4.90 Å². The van der Waals surface area contributed by atoms with Gasteiger partial charge in [-0.15, -0.1) is 11.3 Å². The van der Waals surface area contributed by atoms with E-state index in [1.807, 2.05) is 0 Å². The lowest BCUT2D eigenvalue weighted by Gasteiger charge is -2.08. The largest absolute Gasteiger partial charge is 0.396 e. The Hall–Kier alpha value is -0.890. The first-order valence-electron chi connectivity index (χ1n) is 5.91. The Labute approximate surface area is 130 Å². The average molecular weight is 376 g/mol. The van der Waals surface area contributed by atoms with Gasteiger partial charge in [-0.1, -0.05) is 12.1 Å². The maximum atomic E-state index is 12.3. The van der Waals surface area contributed by atoms with Crippen LogP contribution in [-0.4, -0.2) is 20.1 Å². The molecular formula is C13H14BrNO3S2. The normalized spacial score (nSPS) is 11.6. The van der Waals surface area contributed by atoms with Crippen LogP contribution < -0.4 is 4.72 Å².